The van der Waals surface area contributed by atoms with Crippen molar-refractivity contribution in [3.8, 4) is 0 Å². The van der Waals surface area contributed by atoms with Gasteiger partial charge in [0.2, 0.25) is 0 Å². The molecule has 1 aliphatic carbocycles. The van der Waals surface area contributed by atoms with E-state index in [1.165, 1.54) is 0 Å². The van der Waals surface area contributed by atoms with Gasteiger partial charge in [-0.2, -0.15) is 0 Å². The number of amides is 1. The maximum atomic E-state index is 12.2. The number of aliphatic hydroxyl groups excluding tert-OH is 3. The fourth-order valence-corrected chi connectivity index (χ4v) is 4.19. The normalized spacial score (nSPS) is 33.5. The van der Waals surface area contributed by atoms with E-state index in [4.69, 9.17) is 25.3 Å². The Bertz CT molecular complexity index is 941. The maximum absolute atomic E-state index is 12.2. The second-order valence-corrected chi connectivity index (χ2v) is 8.54. The Morgan fingerprint density at radius 2 is 1.83 bits per heavy atom. The average Bonchev–Trinajstić information content (AvgIpc) is 2.85. The molecule has 2 aliphatic rings. The summed E-state index contributed by atoms with van der Waals surface area (Å²) in [5.41, 5.74) is 18.4. The number of benzene rings is 1. The highest BCUT2D eigenvalue weighted by molar-refractivity contribution is 5.67. The molecule has 14 nitrogen and oxygen atoms in total. The first kappa shape index (κ1) is 26.5. The van der Waals surface area contributed by atoms with Crippen molar-refractivity contribution in [3.05, 3.63) is 56.8 Å². The molecule has 35 heavy (non-hydrogen) atoms. The van der Waals surface area contributed by atoms with Gasteiger partial charge in [-0.25, -0.2) is 4.79 Å². The SMILES string of the molecule is CC(NC(=O)OCc1ccccc1)C1CCC(O)C(OC2C(N=[N+]=[N-])CC(N=[N+]=[N-])C(O)C2O)O1. The first-order chi connectivity index (χ1) is 16.8. The van der Waals surface area contributed by atoms with E-state index in [9.17, 15) is 20.1 Å². The first-order valence-corrected chi connectivity index (χ1v) is 11.2. The van der Waals surface area contributed by atoms with E-state index >= 15 is 0 Å². The highest BCUT2D eigenvalue weighted by Crippen LogP contribution is 2.31. The number of rotatable bonds is 8. The van der Waals surface area contributed by atoms with Gasteiger partial charge in [-0.1, -0.05) is 40.6 Å². The van der Waals surface area contributed by atoms with Crippen LogP contribution in [0.4, 0.5) is 4.79 Å². The number of hydrogen-bond donors (Lipinski definition) is 4. The minimum Gasteiger partial charge on any atom is -0.445 e. The van der Waals surface area contributed by atoms with Gasteiger partial charge >= 0.3 is 6.09 Å². The zero-order valence-corrected chi connectivity index (χ0v) is 19.1. The molecule has 1 amide bonds. The van der Waals surface area contributed by atoms with E-state index in [1.807, 2.05) is 30.3 Å². The van der Waals surface area contributed by atoms with Crippen molar-refractivity contribution in [2.45, 2.75) is 87.7 Å². The third-order valence-corrected chi connectivity index (χ3v) is 6.12. The number of azide groups is 2. The van der Waals surface area contributed by atoms with Crippen LogP contribution in [0.5, 0.6) is 0 Å². The van der Waals surface area contributed by atoms with Gasteiger partial charge < -0.3 is 34.8 Å². The molecule has 1 heterocycles. The van der Waals surface area contributed by atoms with E-state index in [2.05, 4.69) is 25.4 Å². The number of aliphatic hydroxyl groups is 3. The van der Waals surface area contributed by atoms with Crippen LogP contribution in [-0.2, 0) is 20.8 Å². The number of ether oxygens (including phenoxy) is 3. The molecule has 3 rings (SSSR count). The number of carbonyl (C=O) groups is 1. The largest absolute Gasteiger partial charge is 0.445 e. The van der Waals surface area contributed by atoms with Crippen LogP contribution in [-0.4, -0.2) is 76.3 Å². The summed E-state index contributed by atoms with van der Waals surface area (Å²) < 4.78 is 16.9. The molecule has 2 fully saturated rings. The van der Waals surface area contributed by atoms with Crippen molar-refractivity contribution < 1.29 is 34.3 Å². The monoisotopic (exact) mass is 491 g/mol. The number of alkyl carbamates (subject to hydrolysis) is 1. The zero-order chi connectivity index (χ0) is 25.4. The van der Waals surface area contributed by atoms with E-state index < -0.39 is 61.0 Å². The van der Waals surface area contributed by atoms with Gasteiger partial charge in [-0.3, -0.25) is 0 Å². The van der Waals surface area contributed by atoms with Gasteiger partial charge in [0.05, 0.1) is 36.4 Å². The van der Waals surface area contributed by atoms with Crippen LogP contribution in [0.25, 0.3) is 20.9 Å². The van der Waals surface area contributed by atoms with Gasteiger partial charge in [-0.05, 0) is 42.8 Å². The Labute approximate surface area is 201 Å². The number of nitrogens with one attached hydrogen (secondary N) is 1. The molecule has 0 radical (unpaired) electrons. The van der Waals surface area contributed by atoms with Crippen molar-refractivity contribution in [2.24, 2.45) is 10.2 Å². The molecule has 9 atom stereocenters. The van der Waals surface area contributed by atoms with Crippen LogP contribution >= 0.6 is 0 Å². The maximum Gasteiger partial charge on any atom is 0.407 e. The molecule has 0 spiro atoms. The minimum absolute atomic E-state index is 0.0610. The fraction of sp³-hybridized carbons (Fsp3) is 0.667. The average molecular weight is 492 g/mol. The lowest BCUT2D eigenvalue weighted by atomic mass is 9.84. The summed E-state index contributed by atoms with van der Waals surface area (Å²) in [6.07, 6.45) is -7.08. The number of carbonyl (C=O) groups excluding carboxylic acids is 1. The summed E-state index contributed by atoms with van der Waals surface area (Å²) >= 11 is 0. The van der Waals surface area contributed by atoms with Crippen molar-refractivity contribution in [2.75, 3.05) is 0 Å². The van der Waals surface area contributed by atoms with Crippen LogP contribution in [0.1, 0.15) is 31.7 Å². The highest BCUT2D eigenvalue weighted by atomic mass is 16.7. The molecule has 1 aliphatic heterocycles. The second kappa shape index (κ2) is 12.6. The minimum atomic E-state index is -1.56. The van der Waals surface area contributed by atoms with Gasteiger partial charge in [0.1, 0.15) is 18.8 Å². The predicted octanol–water partition coefficient (Wildman–Crippen LogP) is 2.04. The molecule has 190 valence electrons. The van der Waals surface area contributed by atoms with Crippen LogP contribution in [0.2, 0.25) is 0 Å². The topological polar surface area (TPSA) is 215 Å². The quantitative estimate of drug-likeness (QED) is 0.241. The van der Waals surface area contributed by atoms with E-state index in [0.717, 1.165) is 5.56 Å². The molecule has 1 saturated heterocycles. The Morgan fingerprint density at radius 1 is 1.14 bits per heavy atom. The summed E-state index contributed by atoms with van der Waals surface area (Å²) in [5.74, 6) is 0. The van der Waals surface area contributed by atoms with Gasteiger partial charge in [0.15, 0.2) is 6.29 Å². The zero-order valence-electron chi connectivity index (χ0n) is 19.1. The summed E-state index contributed by atoms with van der Waals surface area (Å²) in [4.78, 5) is 17.6. The second-order valence-electron chi connectivity index (χ2n) is 8.54. The third-order valence-electron chi connectivity index (χ3n) is 6.12. The Morgan fingerprint density at radius 3 is 2.51 bits per heavy atom. The first-order valence-electron chi connectivity index (χ1n) is 11.2. The Kier molecular flexibility index (Phi) is 9.52. The van der Waals surface area contributed by atoms with E-state index in [-0.39, 0.29) is 19.4 Å². The van der Waals surface area contributed by atoms with Crippen molar-refractivity contribution in [1.29, 1.82) is 0 Å². The Hall–Kier alpha value is -3.09. The lowest BCUT2D eigenvalue weighted by Gasteiger charge is -2.43. The smallest absolute Gasteiger partial charge is 0.407 e. The van der Waals surface area contributed by atoms with E-state index in [0.29, 0.717) is 6.42 Å². The molecule has 1 aromatic carbocycles. The third kappa shape index (κ3) is 6.96. The molecular weight excluding hydrogens is 462 g/mol. The van der Waals surface area contributed by atoms with Crippen molar-refractivity contribution in [1.82, 2.24) is 5.32 Å². The summed E-state index contributed by atoms with van der Waals surface area (Å²) in [6, 6.07) is 6.72. The van der Waals surface area contributed by atoms with Crippen LogP contribution in [0, 0.1) is 0 Å². The highest BCUT2D eigenvalue weighted by Gasteiger charge is 2.46. The van der Waals surface area contributed by atoms with E-state index in [1.54, 1.807) is 6.92 Å². The molecular formula is C21H29N7O7. The number of nitrogens with zero attached hydrogens (tertiary/aromatic N) is 6. The summed E-state index contributed by atoms with van der Waals surface area (Å²) in [7, 11) is 0. The molecule has 0 aromatic heterocycles. The van der Waals surface area contributed by atoms with Crippen LogP contribution in [0.3, 0.4) is 0 Å². The van der Waals surface area contributed by atoms with Crippen molar-refractivity contribution >= 4 is 6.09 Å². The fourth-order valence-electron chi connectivity index (χ4n) is 4.19. The molecule has 1 saturated carbocycles. The lowest BCUT2D eigenvalue weighted by Crippen LogP contribution is -2.58. The standard InChI is InChI=1S/C21H29N7O7/c1-11(24-21(32)33-10-12-5-3-2-4-6-12)16-8-7-15(29)20(34-16)35-19-14(26-28-23)9-13(25-27-22)17(30)18(19)31/h2-6,11,13-20,29-31H,7-10H2,1H3,(H,24,32). The molecule has 14 heteroatoms. The van der Waals surface area contributed by atoms with Crippen LogP contribution < -0.4 is 5.32 Å². The Balaban J connectivity index is 1.59. The molecule has 1 aromatic rings. The van der Waals surface area contributed by atoms with Crippen molar-refractivity contribution in [3.63, 3.8) is 0 Å². The number of hydrogen-bond acceptors (Lipinski definition) is 9. The van der Waals surface area contributed by atoms with Crippen LogP contribution in [0.15, 0.2) is 40.6 Å². The predicted molar refractivity (Wildman–Crippen MR) is 120 cm³/mol. The summed E-state index contributed by atoms with van der Waals surface area (Å²) in [6.45, 7) is 1.82. The molecule has 9 unspecified atom stereocenters. The van der Waals surface area contributed by atoms with Gasteiger partial charge in [0.25, 0.3) is 0 Å². The van der Waals surface area contributed by atoms with Gasteiger partial charge in [-0.15, -0.1) is 0 Å². The molecule has 4 N–H and O–H groups in total. The van der Waals surface area contributed by atoms with Gasteiger partial charge in [0, 0.05) is 9.82 Å². The lowest BCUT2D eigenvalue weighted by molar-refractivity contribution is -0.281. The molecule has 0 bridgehead atoms. The summed E-state index contributed by atoms with van der Waals surface area (Å²) in [5, 5.41) is 41.0.